The van der Waals surface area contributed by atoms with Crippen molar-refractivity contribution in [1.82, 2.24) is 19.7 Å². The van der Waals surface area contributed by atoms with Crippen molar-refractivity contribution in [1.29, 1.82) is 0 Å². The van der Waals surface area contributed by atoms with Crippen LogP contribution in [0.4, 0.5) is 10.1 Å². The number of aromatic nitrogens is 3. The molecular formula is C20H22ClFN6O. The Hall–Kier alpha value is -2.71. The average Bonchev–Trinajstić information content (AvgIpc) is 3.18. The Bertz CT molecular complexity index is 1090. The van der Waals surface area contributed by atoms with Gasteiger partial charge in [0.05, 0.1) is 17.6 Å². The van der Waals surface area contributed by atoms with Crippen LogP contribution in [0.2, 0.25) is 0 Å². The van der Waals surface area contributed by atoms with Gasteiger partial charge >= 0.3 is 0 Å². The van der Waals surface area contributed by atoms with Crippen molar-refractivity contribution in [3.63, 3.8) is 0 Å². The van der Waals surface area contributed by atoms with Crippen molar-refractivity contribution in [2.24, 2.45) is 5.73 Å². The number of benzene rings is 1. The number of anilines is 1. The molecule has 2 aliphatic heterocycles. The van der Waals surface area contributed by atoms with Crippen LogP contribution in [0, 0.1) is 12.7 Å². The van der Waals surface area contributed by atoms with Crippen molar-refractivity contribution >= 4 is 29.6 Å². The predicted octanol–water partition coefficient (Wildman–Crippen LogP) is 2.31. The highest BCUT2D eigenvalue weighted by Gasteiger charge is 2.32. The second kappa shape index (κ2) is 7.27. The number of fused-ring (bicyclic) bond motifs is 3. The Morgan fingerprint density at radius 3 is 2.66 bits per heavy atom. The molecule has 0 unspecified atom stereocenters. The largest absolute Gasteiger partial charge is 0.368 e. The second-order valence-corrected chi connectivity index (χ2v) is 7.62. The zero-order chi connectivity index (χ0) is 19.4. The number of hydrogen-bond donors (Lipinski definition) is 2. The lowest BCUT2D eigenvalue weighted by Gasteiger charge is -2.34. The molecule has 1 amide bonds. The molecule has 0 spiro atoms. The summed E-state index contributed by atoms with van der Waals surface area (Å²) in [4.78, 5) is 22.2. The van der Waals surface area contributed by atoms with Crippen molar-refractivity contribution in [2.45, 2.75) is 31.8 Å². The lowest BCUT2D eigenvalue weighted by atomic mass is 10.1. The van der Waals surface area contributed by atoms with Crippen LogP contribution in [0.5, 0.6) is 0 Å². The normalized spacial score (nSPS) is 20.7. The summed E-state index contributed by atoms with van der Waals surface area (Å²) in [5, 5.41) is 3.59. The van der Waals surface area contributed by atoms with E-state index in [2.05, 4.69) is 20.2 Å². The number of nitrogens with one attached hydrogen (secondary N) is 1. The molecule has 29 heavy (non-hydrogen) atoms. The zero-order valence-electron chi connectivity index (χ0n) is 15.9. The minimum atomic E-state index is -0.636. The fourth-order valence-corrected chi connectivity index (χ4v) is 4.42. The van der Waals surface area contributed by atoms with E-state index in [1.165, 1.54) is 25.2 Å². The Morgan fingerprint density at radius 1 is 1.28 bits per heavy atom. The molecule has 7 nitrogen and oxygen atoms in total. The molecule has 2 bridgehead atoms. The maximum absolute atomic E-state index is 15.2. The standard InChI is InChI=1S/C20H21FN6O.ClH/c1-11-19(27-10-17(20(22)28)23-7-18(27)24-11)15-5-4-14(6-16(15)21)26-8-12-2-3-13(9-26)25-12;/h4-7,10,12-13,25H,2-3,8-9H2,1H3,(H2,22,28);1H/t12-,13+;. The number of rotatable bonds is 3. The summed E-state index contributed by atoms with van der Waals surface area (Å²) in [6.07, 6.45) is 5.34. The van der Waals surface area contributed by atoms with Gasteiger partial charge in [0.2, 0.25) is 0 Å². The highest BCUT2D eigenvalue weighted by atomic mass is 35.5. The molecule has 1 aromatic carbocycles. The van der Waals surface area contributed by atoms with Gasteiger partial charge in [-0.15, -0.1) is 12.4 Å². The van der Waals surface area contributed by atoms with Gasteiger partial charge in [0.15, 0.2) is 5.65 Å². The maximum Gasteiger partial charge on any atom is 0.268 e. The van der Waals surface area contributed by atoms with E-state index in [1.54, 1.807) is 16.5 Å². The zero-order valence-corrected chi connectivity index (χ0v) is 16.7. The summed E-state index contributed by atoms with van der Waals surface area (Å²) >= 11 is 0. The van der Waals surface area contributed by atoms with Crippen LogP contribution in [0.3, 0.4) is 0 Å². The van der Waals surface area contributed by atoms with Crippen LogP contribution in [0.15, 0.2) is 30.6 Å². The van der Waals surface area contributed by atoms with Crippen molar-refractivity contribution in [3.8, 4) is 11.3 Å². The predicted molar refractivity (Wildman–Crippen MR) is 111 cm³/mol. The monoisotopic (exact) mass is 416 g/mol. The molecule has 152 valence electrons. The van der Waals surface area contributed by atoms with Gasteiger partial charge in [-0.05, 0) is 38.0 Å². The number of amides is 1. The van der Waals surface area contributed by atoms with E-state index in [1.807, 2.05) is 13.0 Å². The van der Waals surface area contributed by atoms with Crippen LogP contribution in [-0.2, 0) is 0 Å². The first-order chi connectivity index (χ1) is 13.5. The van der Waals surface area contributed by atoms with Gasteiger partial charge in [-0.25, -0.2) is 14.4 Å². The summed E-state index contributed by atoms with van der Waals surface area (Å²) in [5.41, 5.74) is 8.59. The third-order valence-electron chi connectivity index (χ3n) is 5.73. The lowest BCUT2D eigenvalue weighted by Crippen LogP contribution is -2.51. The SMILES string of the molecule is Cc1nc2cnc(C(N)=O)cn2c1-c1ccc(N2C[C@H]3CC[C@@H](C2)N3)cc1F.Cl. The summed E-state index contributed by atoms with van der Waals surface area (Å²) in [6, 6.07) is 6.31. The number of aryl methyl sites for hydroxylation is 1. The first kappa shape index (κ1) is 19.6. The van der Waals surface area contributed by atoms with E-state index < -0.39 is 5.91 Å². The number of hydrogen-bond acceptors (Lipinski definition) is 5. The molecular weight excluding hydrogens is 395 g/mol. The topological polar surface area (TPSA) is 88.5 Å². The van der Waals surface area contributed by atoms with Crippen LogP contribution in [0.25, 0.3) is 16.9 Å². The number of carbonyl (C=O) groups is 1. The van der Waals surface area contributed by atoms with E-state index in [9.17, 15) is 4.79 Å². The summed E-state index contributed by atoms with van der Waals surface area (Å²) < 4.78 is 16.8. The molecule has 0 radical (unpaired) electrons. The van der Waals surface area contributed by atoms with Gasteiger partial charge in [-0.3, -0.25) is 9.20 Å². The summed E-state index contributed by atoms with van der Waals surface area (Å²) in [5.74, 6) is -0.950. The fourth-order valence-electron chi connectivity index (χ4n) is 4.42. The minimum absolute atomic E-state index is 0. The van der Waals surface area contributed by atoms with E-state index in [0.29, 0.717) is 34.7 Å². The van der Waals surface area contributed by atoms with Crippen molar-refractivity contribution in [3.05, 3.63) is 47.8 Å². The van der Waals surface area contributed by atoms with Gasteiger partial charge in [0.25, 0.3) is 5.91 Å². The number of halogens is 2. The average molecular weight is 417 g/mol. The highest BCUT2D eigenvalue weighted by molar-refractivity contribution is 5.90. The number of carbonyl (C=O) groups excluding carboxylic acids is 1. The summed E-state index contributed by atoms with van der Waals surface area (Å²) in [7, 11) is 0. The third kappa shape index (κ3) is 3.32. The van der Waals surface area contributed by atoms with E-state index >= 15 is 4.39 Å². The number of nitrogens with two attached hydrogens (primary N) is 1. The van der Waals surface area contributed by atoms with Gasteiger partial charge in [-0.2, -0.15) is 0 Å². The lowest BCUT2D eigenvalue weighted by molar-refractivity contribution is 0.0995. The second-order valence-electron chi connectivity index (χ2n) is 7.62. The Balaban J connectivity index is 0.00000205. The van der Waals surface area contributed by atoms with E-state index in [0.717, 1.165) is 18.8 Å². The fraction of sp³-hybridized carbons (Fsp3) is 0.350. The van der Waals surface area contributed by atoms with Gasteiger partial charge < -0.3 is 16.0 Å². The minimum Gasteiger partial charge on any atom is -0.368 e. The molecule has 3 N–H and O–H groups in total. The Labute approximate surface area is 173 Å². The van der Waals surface area contributed by atoms with Gasteiger partial charge in [0, 0.05) is 42.6 Å². The number of piperazine rings is 1. The van der Waals surface area contributed by atoms with Crippen LogP contribution < -0.4 is 16.0 Å². The van der Waals surface area contributed by atoms with Crippen LogP contribution in [-0.4, -0.2) is 45.4 Å². The molecule has 4 heterocycles. The number of primary amides is 1. The third-order valence-corrected chi connectivity index (χ3v) is 5.73. The first-order valence-corrected chi connectivity index (χ1v) is 9.45. The number of imidazole rings is 1. The molecule has 2 aliphatic rings. The molecule has 0 saturated carbocycles. The van der Waals surface area contributed by atoms with Gasteiger partial charge in [0.1, 0.15) is 11.5 Å². The van der Waals surface area contributed by atoms with Crippen molar-refractivity contribution in [2.75, 3.05) is 18.0 Å². The maximum atomic E-state index is 15.2. The quantitative estimate of drug-likeness (QED) is 0.684. The highest BCUT2D eigenvalue weighted by Crippen LogP contribution is 2.32. The smallest absolute Gasteiger partial charge is 0.268 e. The molecule has 2 saturated heterocycles. The summed E-state index contributed by atoms with van der Waals surface area (Å²) in [6.45, 7) is 3.61. The number of nitrogens with zero attached hydrogens (tertiary/aromatic N) is 4. The van der Waals surface area contributed by atoms with Crippen LogP contribution >= 0.6 is 12.4 Å². The van der Waals surface area contributed by atoms with Crippen molar-refractivity contribution < 1.29 is 9.18 Å². The van der Waals surface area contributed by atoms with Crippen LogP contribution in [0.1, 0.15) is 29.0 Å². The molecule has 5 rings (SSSR count). The molecule has 3 aromatic rings. The molecule has 2 atom stereocenters. The molecule has 2 fully saturated rings. The Kier molecular flexibility index (Phi) is 4.92. The van der Waals surface area contributed by atoms with E-state index in [-0.39, 0.29) is 23.9 Å². The molecule has 9 heteroatoms. The molecule has 2 aromatic heterocycles. The van der Waals surface area contributed by atoms with Gasteiger partial charge in [-0.1, -0.05) is 0 Å². The first-order valence-electron chi connectivity index (χ1n) is 9.45. The molecule has 0 aliphatic carbocycles. The van der Waals surface area contributed by atoms with E-state index in [4.69, 9.17) is 5.73 Å². The Morgan fingerprint density at radius 2 is 2.00 bits per heavy atom.